The number of aromatic nitrogens is 1. The molecule has 1 aliphatic carbocycles. The molecule has 3 rings (SSSR count). The molecule has 0 bridgehead atoms. The van der Waals surface area contributed by atoms with Crippen LogP contribution < -0.4 is 5.32 Å². The molecule has 1 aliphatic rings. The average molecular weight is 337 g/mol. The summed E-state index contributed by atoms with van der Waals surface area (Å²) in [7, 11) is 0. The molecule has 1 fully saturated rings. The van der Waals surface area contributed by atoms with Gasteiger partial charge in [0.1, 0.15) is 11.1 Å². The van der Waals surface area contributed by atoms with Gasteiger partial charge in [-0.1, -0.05) is 23.9 Å². The second-order valence-corrected chi connectivity index (χ2v) is 7.42. The predicted octanol–water partition coefficient (Wildman–Crippen LogP) is 4.26. The number of benzene rings is 1. The van der Waals surface area contributed by atoms with E-state index in [2.05, 4.69) is 16.4 Å². The molecule has 0 radical (unpaired) electrons. The van der Waals surface area contributed by atoms with Crippen molar-refractivity contribution in [3.8, 4) is 6.07 Å². The largest absolute Gasteiger partial charge is 0.325 e. The van der Waals surface area contributed by atoms with Crippen LogP contribution in [-0.2, 0) is 4.79 Å². The molecule has 1 N–H and O–H groups in total. The van der Waals surface area contributed by atoms with E-state index in [4.69, 9.17) is 0 Å². The maximum absolute atomic E-state index is 12.4. The van der Waals surface area contributed by atoms with E-state index in [1.54, 1.807) is 0 Å². The van der Waals surface area contributed by atoms with Gasteiger partial charge in [-0.3, -0.25) is 4.79 Å². The molecule has 122 valence electrons. The van der Waals surface area contributed by atoms with Crippen LogP contribution in [0.2, 0.25) is 0 Å². The molecule has 0 spiro atoms. The normalized spacial score (nSPS) is 14.7. The lowest BCUT2D eigenvalue weighted by Gasteiger charge is -2.13. The van der Waals surface area contributed by atoms with Crippen LogP contribution in [0.3, 0.4) is 0 Å². The van der Waals surface area contributed by atoms with Gasteiger partial charge in [-0.15, -0.1) is 0 Å². The highest BCUT2D eigenvalue weighted by Gasteiger charge is 2.26. The van der Waals surface area contributed by atoms with Gasteiger partial charge in [0, 0.05) is 17.3 Å². The van der Waals surface area contributed by atoms with Crippen molar-refractivity contribution in [1.82, 2.24) is 4.98 Å². The van der Waals surface area contributed by atoms with Gasteiger partial charge in [-0.2, -0.15) is 5.26 Å². The molecule has 24 heavy (non-hydrogen) atoms. The van der Waals surface area contributed by atoms with Gasteiger partial charge in [-0.05, 0) is 56.5 Å². The highest BCUT2D eigenvalue weighted by molar-refractivity contribution is 8.00. The van der Waals surface area contributed by atoms with Crippen LogP contribution in [0.25, 0.3) is 0 Å². The first-order valence-electron chi connectivity index (χ1n) is 8.02. The molecule has 1 heterocycles. The quantitative estimate of drug-likeness (QED) is 0.828. The van der Waals surface area contributed by atoms with Crippen molar-refractivity contribution in [2.75, 3.05) is 5.32 Å². The summed E-state index contributed by atoms with van der Waals surface area (Å²) in [6.07, 6.45) is 2.32. The second-order valence-electron chi connectivity index (χ2n) is 6.09. The molecular formula is C19H19N3OS. The standard InChI is InChI=1S/C19H19N3OS/c1-12-4-3-5-16(10-12)21-18(23)13(2)24-19-15(11-20)8-9-17(22-19)14-6-7-14/h3-5,8-10,13-14H,6-7H2,1-2H3,(H,21,23). The summed E-state index contributed by atoms with van der Waals surface area (Å²) in [5.74, 6) is 0.432. The lowest BCUT2D eigenvalue weighted by molar-refractivity contribution is -0.115. The number of hydrogen-bond donors (Lipinski definition) is 1. The van der Waals surface area contributed by atoms with E-state index in [1.807, 2.05) is 50.2 Å². The van der Waals surface area contributed by atoms with E-state index in [-0.39, 0.29) is 11.2 Å². The van der Waals surface area contributed by atoms with Gasteiger partial charge in [0.15, 0.2) is 0 Å². The van der Waals surface area contributed by atoms with Crippen LogP contribution in [0, 0.1) is 18.3 Å². The molecule has 1 amide bonds. The minimum atomic E-state index is -0.334. The summed E-state index contributed by atoms with van der Waals surface area (Å²) in [6, 6.07) is 13.6. The molecule has 1 atom stereocenters. The first-order chi connectivity index (χ1) is 11.6. The first-order valence-corrected chi connectivity index (χ1v) is 8.90. The van der Waals surface area contributed by atoms with Crippen molar-refractivity contribution < 1.29 is 4.79 Å². The van der Waals surface area contributed by atoms with Crippen molar-refractivity contribution in [2.24, 2.45) is 0 Å². The van der Waals surface area contributed by atoms with Crippen LogP contribution in [0.1, 0.15) is 42.5 Å². The van der Waals surface area contributed by atoms with Gasteiger partial charge < -0.3 is 5.32 Å². The highest BCUT2D eigenvalue weighted by Crippen LogP contribution is 2.40. The van der Waals surface area contributed by atoms with E-state index in [0.29, 0.717) is 16.5 Å². The van der Waals surface area contributed by atoms with Gasteiger partial charge in [0.25, 0.3) is 0 Å². The first kappa shape index (κ1) is 16.5. The number of rotatable bonds is 5. The molecule has 1 saturated carbocycles. The molecule has 0 saturated heterocycles. The van der Waals surface area contributed by atoms with Crippen LogP contribution in [-0.4, -0.2) is 16.1 Å². The molecule has 1 unspecified atom stereocenters. The summed E-state index contributed by atoms with van der Waals surface area (Å²) in [6.45, 7) is 3.82. The van der Waals surface area contributed by atoms with Gasteiger partial charge in [0.05, 0.1) is 10.8 Å². The Kier molecular flexibility index (Phi) is 4.86. The molecule has 5 heteroatoms. The molecule has 0 aliphatic heterocycles. The molecule has 4 nitrogen and oxygen atoms in total. The number of pyridine rings is 1. The van der Waals surface area contributed by atoms with Crippen molar-refractivity contribution in [1.29, 1.82) is 5.26 Å². The Bertz CT molecular complexity index is 808. The summed E-state index contributed by atoms with van der Waals surface area (Å²) >= 11 is 1.34. The second kappa shape index (κ2) is 7.06. The Hall–Kier alpha value is -2.32. The Morgan fingerprint density at radius 1 is 1.38 bits per heavy atom. The van der Waals surface area contributed by atoms with Gasteiger partial charge in [-0.25, -0.2) is 4.98 Å². The Morgan fingerprint density at radius 3 is 2.83 bits per heavy atom. The minimum absolute atomic E-state index is 0.0897. The number of anilines is 1. The summed E-state index contributed by atoms with van der Waals surface area (Å²) in [5.41, 5.74) is 3.44. The van der Waals surface area contributed by atoms with E-state index < -0.39 is 0 Å². The monoisotopic (exact) mass is 337 g/mol. The average Bonchev–Trinajstić information content (AvgIpc) is 3.39. The lowest BCUT2D eigenvalue weighted by Crippen LogP contribution is -2.22. The number of aryl methyl sites for hydroxylation is 1. The van der Waals surface area contributed by atoms with Gasteiger partial charge >= 0.3 is 0 Å². The number of carbonyl (C=O) groups excluding carboxylic acids is 1. The zero-order valence-electron chi connectivity index (χ0n) is 13.7. The number of nitriles is 1. The molecule has 1 aromatic heterocycles. The number of carbonyl (C=O) groups is 1. The summed E-state index contributed by atoms with van der Waals surface area (Å²) in [5, 5.41) is 12.5. The smallest absolute Gasteiger partial charge is 0.237 e. The van der Waals surface area contributed by atoms with E-state index in [0.717, 1.165) is 29.8 Å². The Morgan fingerprint density at radius 2 is 2.17 bits per heavy atom. The van der Waals surface area contributed by atoms with Crippen LogP contribution in [0.15, 0.2) is 41.4 Å². The third kappa shape index (κ3) is 3.95. The third-order valence-corrected chi connectivity index (χ3v) is 5.04. The summed E-state index contributed by atoms with van der Waals surface area (Å²) < 4.78 is 0. The van der Waals surface area contributed by atoms with Crippen LogP contribution in [0.5, 0.6) is 0 Å². The fraction of sp³-hybridized carbons (Fsp3) is 0.316. The fourth-order valence-electron chi connectivity index (χ4n) is 2.42. The minimum Gasteiger partial charge on any atom is -0.325 e. The number of nitrogens with zero attached hydrogens (tertiary/aromatic N) is 2. The van der Waals surface area contributed by atoms with E-state index in [1.165, 1.54) is 11.8 Å². The zero-order valence-corrected chi connectivity index (χ0v) is 14.6. The van der Waals surface area contributed by atoms with Gasteiger partial charge in [0.2, 0.25) is 5.91 Å². The topological polar surface area (TPSA) is 65.8 Å². The molecule has 2 aromatic rings. The van der Waals surface area contributed by atoms with Crippen molar-refractivity contribution in [3.05, 3.63) is 53.2 Å². The number of nitrogens with one attached hydrogen (secondary N) is 1. The lowest BCUT2D eigenvalue weighted by atomic mass is 10.2. The number of hydrogen-bond acceptors (Lipinski definition) is 4. The number of thioether (sulfide) groups is 1. The van der Waals surface area contributed by atoms with Crippen molar-refractivity contribution in [3.63, 3.8) is 0 Å². The summed E-state index contributed by atoms with van der Waals surface area (Å²) in [4.78, 5) is 17.0. The Labute approximate surface area is 146 Å². The van der Waals surface area contributed by atoms with E-state index in [9.17, 15) is 10.1 Å². The molecule has 1 aromatic carbocycles. The van der Waals surface area contributed by atoms with Crippen LogP contribution >= 0.6 is 11.8 Å². The maximum atomic E-state index is 12.4. The van der Waals surface area contributed by atoms with Crippen molar-refractivity contribution in [2.45, 2.75) is 42.9 Å². The van der Waals surface area contributed by atoms with E-state index >= 15 is 0 Å². The maximum Gasteiger partial charge on any atom is 0.237 e. The number of amides is 1. The Balaban J connectivity index is 1.71. The molecular weight excluding hydrogens is 318 g/mol. The highest BCUT2D eigenvalue weighted by atomic mass is 32.2. The zero-order chi connectivity index (χ0) is 17.1. The third-order valence-electron chi connectivity index (χ3n) is 3.94. The van der Waals surface area contributed by atoms with Crippen LogP contribution in [0.4, 0.5) is 5.69 Å². The SMILES string of the molecule is Cc1cccc(NC(=O)C(C)Sc2nc(C3CC3)ccc2C#N)c1. The fourth-order valence-corrected chi connectivity index (χ4v) is 3.32. The predicted molar refractivity (Wildman–Crippen MR) is 96.1 cm³/mol. The van der Waals surface area contributed by atoms with Crippen molar-refractivity contribution >= 4 is 23.4 Å².